The molecule has 4 nitrogen and oxygen atoms in total. The van der Waals surface area contributed by atoms with Crippen LogP contribution in [0.1, 0.15) is 54.0 Å². The van der Waals surface area contributed by atoms with E-state index in [0.717, 1.165) is 12.2 Å². The minimum absolute atomic E-state index is 0.0337. The molecular formula is C22H35HgN2O2Si+. The summed E-state index contributed by atoms with van der Waals surface area (Å²) in [4.78, 5) is 11.4. The summed E-state index contributed by atoms with van der Waals surface area (Å²) in [6.45, 7) is 16.7. The molecule has 0 saturated heterocycles. The molecule has 2 rings (SSSR count). The minimum atomic E-state index is -1.85. The molecule has 0 fully saturated rings. The molecule has 1 amide bonds. The molecule has 0 unspecified atom stereocenters. The van der Waals surface area contributed by atoms with Crippen LogP contribution < -0.4 is 13.1 Å². The molecule has 0 aliphatic carbocycles. The van der Waals surface area contributed by atoms with Crippen molar-refractivity contribution in [2.75, 3.05) is 13.7 Å². The number of fused-ring (bicyclic) bond motifs is 1. The average molecular weight is 588 g/mol. The molecule has 1 heterocycles. The summed E-state index contributed by atoms with van der Waals surface area (Å²) in [5, 5.41) is 4.35. The number of carbonyl (C=O) groups excluding carboxylic acids is 1. The summed E-state index contributed by atoms with van der Waals surface area (Å²) in [7, 11) is -0.0839. The third kappa shape index (κ3) is 4.07. The predicted molar refractivity (Wildman–Crippen MR) is 117 cm³/mol. The summed E-state index contributed by atoms with van der Waals surface area (Å²) in [6, 6.07) is 4.42. The van der Waals surface area contributed by atoms with Crippen molar-refractivity contribution in [2.24, 2.45) is 0 Å². The van der Waals surface area contributed by atoms with Crippen molar-refractivity contribution in [3.8, 4) is 5.75 Å². The van der Waals surface area contributed by atoms with Gasteiger partial charge in [0.25, 0.3) is 0 Å². The van der Waals surface area contributed by atoms with E-state index in [0.29, 0.717) is 49.3 Å². The Balaban J connectivity index is 2.79. The monoisotopic (exact) mass is 589 g/mol. The first kappa shape index (κ1) is 23.5. The Kier molecular flexibility index (Phi) is 7.82. The number of hydrogen-bond donors (Lipinski definition) is 1. The van der Waals surface area contributed by atoms with Crippen LogP contribution in [0.5, 0.6) is 5.75 Å². The molecule has 1 aromatic heterocycles. The first-order valence-corrected chi connectivity index (χ1v) is 15.3. The number of rotatable bonds is 8. The number of nitrogens with one attached hydrogen (secondary N) is 1. The van der Waals surface area contributed by atoms with Crippen LogP contribution in [-0.2, 0) is 37.3 Å². The third-order valence-electron chi connectivity index (χ3n) is 6.29. The van der Waals surface area contributed by atoms with Gasteiger partial charge in [0.15, 0.2) is 0 Å². The summed E-state index contributed by atoms with van der Waals surface area (Å²) in [5.74, 6) is 1.05. The van der Waals surface area contributed by atoms with Crippen molar-refractivity contribution < 1.29 is 35.7 Å². The molecule has 0 radical (unpaired) electrons. The topological polar surface area (TPSA) is 43.3 Å². The maximum atomic E-state index is 11.4. The van der Waals surface area contributed by atoms with Gasteiger partial charge in [-0.15, -0.1) is 0 Å². The summed E-state index contributed by atoms with van der Waals surface area (Å²) < 4.78 is 9.75. The van der Waals surface area contributed by atoms with E-state index in [1.165, 1.54) is 19.5 Å². The van der Waals surface area contributed by atoms with Gasteiger partial charge >= 0.3 is 188 Å². The predicted octanol–water partition coefficient (Wildman–Crippen LogP) is 4.52. The standard InChI is InChI=1S/C22H35N2O2Si.Hg/c1-15(2)27(16(3)4,17(5)6)24-14-19(11-12-23-18(7)25)21-13-20(26-8)9-10-22(21)24;/h9-10,14-17H,11-12H2,1-8H3,(H,23,25);/q;+1. The zero-order valence-electron chi connectivity index (χ0n) is 18.8. The SMILES string of the molecule is COc1ccc2c(c(CCNC(C)=O)cn2[Si](C(C)C)(C(C)C)C(C)C)[c]1[Hg+]. The van der Waals surface area contributed by atoms with Gasteiger partial charge < -0.3 is 0 Å². The Labute approximate surface area is 187 Å². The van der Waals surface area contributed by atoms with Gasteiger partial charge in [-0.2, -0.15) is 0 Å². The van der Waals surface area contributed by atoms with Crippen molar-refractivity contribution in [3.05, 3.63) is 23.9 Å². The van der Waals surface area contributed by atoms with Crippen molar-refractivity contribution in [3.63, 3.8) is 0 Å². The van der Waals surface area contributed by atoms with E-state index in [1.54, 1.807) is 14.0 Å². The van der Waals surface area contributed by atoms with Gasteiger partial charge in [0.1, 0.15) is 0 Å². The third-order valence-corrected chi connectivity index (χ3v) is 15.8. The Hall–Kier alpha value is -0.818. The van der Waals surface area contributed by atoms with E-state index in [4.69, 9.17) is 4.74 Å². The molecule has 150 valence electrons. The van der Waals surface area contributed by atoms with Crippen LogP contribution in [0.3, 0.4) is 0 Å². The number of benzene rings is 1. The van der Waals surface area contributed by atoms with Gasteiger partial charge in [-0.25, -0.2) is 0 Å². The van der Waals surface area contributed by atoms with Gasteiger partial charge in [0.2, 0.25) is 0 Å². The number of nitrogens with zero attached hydrogens (tertiary/aromatic N) is 1. The molecule has 0 aliphatic rings. The quantitative estimate of drug-likeness (QED) is 0.462. The summed E-state index contributed by atoms with van der Waals surface area (Å²) in [5.41, 5.74) is 4.63. The van der Waals surface area contributed by atoms with Gasteiger partial charge in [0.05, 0.1) is 0 Å². The van der Waals surface area contributed by atoms with Crippen LogP contribution in [-0.4, -0.2) is 32.0 Å². The fourth-order valence-corrected chi connectivity index (χ4v) is 14.6. The van der Waals surface area contributed by atoms with E-state index < -0.39 is 8.24 Å². The Morgan fingerprint density at radius 2 is 1.71 bits per heavy atom. The molecule has 0 bridgehead atoms. The van der Waals surface area contributed by atoms with Crippen LogP contribution in [0, 0.1) is 0 Å². The molecule has 1 N–H and O–H groups in total. The molecule has 28 heavy (non-hydrogen) atoms. The van der Waals surface area contributed by atoms with Crippen LogP contribution >= 0.6 is 0 Å². The number of ether oxygens (including phenoxy) is 1. The Bertz CT molecular complexity index is 821. The van der Waals surface area contributed by atoms with E-state index in [1.807, 2.05) is 0 Å². The summed E-state index contributed by atoms with van der Waals surface area (Å²) >= 11 is 0.444. The maximum absolute atomic E-state index is 11.4. The molecule has 0 aliphatic heterocycles. The molecule has 0 saturated carbocycles. The zero-order chi connectivity index (χ0) is 21.2. The van der Waals surface area contributed by atoms with Gasteiger partial charge in [-0.1, -0.05) is 0 Å². The second-order valence-electron chi connectivity index (χ2n) is 8.75. The number of aromatic nitrogens is 1. The van der Waals surface area contributed by atoms with Crippen LogP contribution in [0.15, 0.2) is 18.3 Å². The van der Waals surface area contributed by atoms with Crippen molar-refractivity contribution >= 4 is 28.1 Å². The molecule has 0 atom stereocenters. The summed E-state index contributed by atoms with van der Waals surface area (Å²) in [6.07, 6.45) is 3.29. The average Bonchev–Trinajstić information content (AvgIpc) is 2.94. The fraction of sp³-hybridized carbons (Fsp3) is 0.591. The van der Waals surface area contributed by atoms with Gasteiger partial charge in [-0.3, -0.25) is 0 Å². The number of methoxy groups -OCH3 is 1. The van der Waals surface area contributed by atoms with E-state index in [-0.39, 0.29) is 5.91 Å². The fourth-order valence-electron chi connectivity index (χ4n) is 5.37. The molecule has 6 heteroatoms. The van der Waals surface area contributed by atoms with E-state index in [2.05, 4.69) is 69.4 Å². The van der Waals surface area contributed by atoms with Crippen molar-refractivity contribution in [2.45, 2.75) is 71.5 Å². The number of hydrogen-bond acceptors (Lipinski definition) is 2. The van der Waals surface area contributed by atoms with Crippen LogP contribution in [0.25, 0.3) is 10.9 Å². The van der Waals surface area contributed by atoms with E-state index in [9.17, 15) is 4.79 Å². The molecule has 1 aromatic carbocycles. The number of amides is 1. The van der Waals surface area contributed by atoms with Gasteiger partial charge in [0, 0.05) is 0 Å². The second-order valence-corrected chi connectivity index (χ2v) is 17.2. The Morgan fingerprint density at radius 1 is 1.14 bits per heavy atom. The number of carbonyl (C=O) groups is 1. The van der Waals surface area contributed by atoms with Crippen LogP contribution in [0.2, 0.25) is 16.6 Å². The van der Waals surface area contributed by atoms with Crippen molar-refractivity contribution in [1.82, 2.24) is 9.55 Å². The van der Waals surface area contributed by atoms with Crippen LogP contribution in [0.4, 0.5) is 0 Å². The second kappa shape index (κ2) is 9.33. The molecular weight excluding hydrogens is 553 g/mol. The molecule has 0 spiro atoms. The van der Waals surface area contributed by atoms with Gasteiger partial charge in [-0.05, 0) is 0 Å². The first-order chi connectivity index (χ1) is 13.1. The Morgan fingerprint density at radius 3 is 2.18 bits per heavy atom. The molecule has 2 aromatic rings. The first-order valence-electron chi connectivity index (χ1n) is 10.4. The normalized spacial score (nSPS) is 12.5. The zero-order valence-corrected chi connectivity index (χ0v) is 25.3. The van der Waals surface area contributed by atoms with E-state index >= 15 is 0 Å². The van der Waals surface area contributed by atoms with Crippen molar-refractivity contribution in [1.29, 1.82) is 0 Å².